The van der Waals surface area contributed by atoms with E-state index < -0.39 is 23.5 Å². The second-order valence-electron chi connectivity index (χ2n) is 4.91. The fraction of sp³-hybridized carbons (Fsp3) is 0.545. The van der Waals surface area contributed by atoms with E-state index >= 15 is 0 Å². The van der Waals surface area contributed by atoms with Gasteiger partial charge in [0.05, 0.1) is 0 Å². The predicted molar refractivity (Wildman–Crippen MR) is 74.9 cm³/mol. The maximum absolute atomic E-state index is 11.8. The van der Waals surface area contributed by atoms with Gasteiger partial charge in [-0.05, 0) is 39.2 Å². The third-order valence-corrected chi connectivity index (χ3v) is 3.55. The highest BCUT2D eigenvalue weighted by atomic mass is 35.5. The molecule has 0 aliphatic carbocycles. The summed E-state index contributed by atoms with van der Waals surface area (Å²) in [7, 11) is 0. The van der Waals surface area contributed by atoms with Gasteiger partial charge >= 0.3 is 5.97 Å². The van der Waals surface area contributed by atoms with Crippen molar-refractivity contribution in [3.8, 4) is 0 Å². The quantitative estimate of drug-likeness (QED) is 0.868. The highest BCUT2D eigenvalue weighted by Gasteiger charge is 2.26. The highest BCUT2D eigenvalue weighted by Crippen LogP contribution is 2.29. The molecule has 0 radical (unpaired) electrons. The van der Waals surface area contributed by atoms with Gasteiger partial charge in [-0.2, -0.15) is 4.37 Å². The molecule has 0 fully saturated rings. The van der Waals surface area contributed by atoms with E-state index in [1.54, 1.807) is 0 Å². The summed E-state index contributed by atoms with van der Waals surface area (Å²) in [6.45, 7) is 6.96. The van der Waals surface area contributed by atoms with Crippen molar-refractivity contribution in [1.29, 1.82) is 0 Å². The molecule has 1 aromatic heterocycles. The van der Waals surface area contributed by atoms with E-state index in [1.165, 1.54) is 6.92 Å². The summed E-state index contributed by atoms with van der Waals surface area (Å²) in [5.74, 6) is -1.16. The Morgan fingerprint density at radius 3 is 2.37 bits per heavy atom. The molecule has 0 bridgehead atoms. The molecule has 106 valence electrons. The van der Waals surface area contributed by atoms with Crippen LogP contribution in [-0.2, 0) is 9.53 Å². The minimum absolute atomic E-state index is 0.0418. The maximum atomic E-state index is 11.8. The van der Waals surface area contributed by atoms with Crippen molar-refractivity contribution < 1.29 is 14.3 Å². The van der Waals surface area contributed by atoms with E-state index in [-0.39, 0.29) is 15.1 Å². The van der Waals surface area contributed by atoms with Gasteiger partial charge in [0.15, 0.2) is 11.8 Å². The zero-order valence-electron chi connectivity index (χ0n) is 10.9. The van der Waals surface area contributed by atoms with Crippen LogP contribution in [0.5, 0.6) is 0 Å². The summed E-state index contributed by atoms with van der Waals surface area (Å²) in [6.07, 6.45) is -0.941. The van der Waals surface area contributed by atoms with E-state index in [9.17, 15) is 9.59 Å². The monoisotopic (exact) mass is 324 g/mol. The van der Waals surface area contributed by atoms with Crippen LogP contribution in [0.2, 0.25) is 9.36 Å². The zero-order chi connectivity index (χ0) is 14.8. The van der Waals surface area contributed by atoms with E-state index in [4.69, 9.17) is 27.9 Å². The molecule has 1 aromatic rings. The summed E-state index contributed by atoms with van der Waals surface area (Å²) in [5.41, 5.74) is -0.480. The largest absolute Gasteiger partial charge is 0.448 e. The molecule has 1 heterocycles. The van der Waals surface area contributed by atoms with Gasteiger partial charge in [0, 0.05) is 5.54 Å². The molecule has 0 aliphatic rings. The summed E-state index contributed by atoms with van der Waals surface area (Å²) in [6, 6.07) is 0. The van der Waals surface area contributed by atoms with Crippen molar-refractivity contribution in [3.63, 3.8) is 0 Å². The Hall–Kier alpha value is -0.850. The van der Waals surface area contributed by atoms with E-state index in [0.29, 0.717) is 0 Å². The van der Waals surface area contributed by atoms with Crippen LogP contribution in [0.1, 0.15) is 38.2 Å². The molecule has 0 saturated carbocycles. The number of nitrogens with zero attached hydrogens (tertiary/aromatic N) is 1. The number of carbonyl (C=O) groups excluding carboxylic acids is 2. The Bertz CT molecular complexity index is 497. The van der Waals surface area contributed by atoms with Gasteiger partial charge in [-0.1, -0.05) is 23.2 Å². The Labute approximate surface area is 125 Å². The molecule has 0 aliphatic heterocycles. The molecule has 0 aromatic carbocycles. The summed E-state index contributed by atoms with van der Waals surface area (Å²) >= 11 is 12.4. The zero-order valence-corrected chi connectivity index (χ0v) is 13.2. The van der Waals surface area contributed by atoms with Crippen LogP contribution in [0.4, 0.5) is 0 Å². The molecular weight excluding hydrogens is 311 g/mol. The first-order valence-corrected chi connectivity index (χ1v) is 6.98. The topological polar surface area (TPSA) is 68.3 Å². The molecule has 0 spiro atoms. The molecular formula is C11H14Cl2N2O3S. The number of esters is 1. The first-order valence-electron chi connectivity index (χ1n) is 5.45. The summed E-state index contributed by atoms with van der Waals surface area (Å²) < 4.78 is 8.97. The molecule has 0 saturated heterocycles. The lowest BCUT2D eigenvalue weighted by Gasteiger charge is -2.23. The predicted octanol–water partition coefficient (Wildman–Crippen LogP) is 2.91. The van der Waals surface area contributed by atoms with Gasteiger partial charge in [-0.25, -0.2) is 4.79 Å². The van der Waals surface area contributed by atoms with E-state index in [1.807, 2.05) is 20.8 Å². The first kappa shape index (κ1) is 16.2. The fourth-order valence-electron chi connectivity index (χ4n) is 1.13. The van der Waals surface area contributed by atoms with Gasteiger partial charge in [0.1, 0.15) is 9.36 Å². The Morgan fingerprint density at radius 1 is 1.37 bits per heavy atom. The smallest absolute Gasteiger partial charge is 0.360 e. The van der Waals surface area contributed by atoms with Crippen LogP contribution < -0.4 is 5.32 Å². The van der Waals surface area contributed by atoms with Gasteiger partial charge in [0.2, 0.25) is 0 Å². The lowest BCUT2D eigenvalue weighted by molar-refractivity contribution is -0.130. The van der Waals surface area contributed by atoms with Crippen LogP contribution in [0, 0.1) is 0 Å². The molecule has 1 amide bonds. The van der Waals surface area contributed by atoms with Gasteiger partial charge in [-0.15, -0.1) is 0 Å². The minimum Gasteiger partial charge on any atom is -0.448 e. The number of ether oxygens (including phenoxy) is 1. The van der Waals surface area contributed by atoms with Crippen molar-refractivity contribution in [1.82, 2.24) is 9.69 Å². The second-order valence-corrected chi connectivity index (χ2v) is 6.66. The standard InChI is InChI=1S/C11H14Cl2N2O3S/c1-5(9(16)14-11(2,3)4)18-10(17)7-6(12)8(13)19-15-7/h5H,1-4H3,(H,14,16)/t5-/m1/s1. The van der Waals surface area contributed by atoms with Crippen molar-refractivity contribution in [2.45, 2.75) is 39.3 Å². The third kappa shape index (κ3) is 4.63. The number of aromatic nitrogens is 1. The molecule has 5 nitrogen and oxygen atoms in total. The Kier molecular flexibility index (Phi) is 5.18. The third-order valence-electron chi connectivity index (χ3n) is 1.94. The molecule has 1 rings (SSSR count). The number of amides is 1. The lowest BCUT2D eigenvalue weighted by Crippen LogP contribution is -2.46. The van der Waals surface area contributed by atoms with Crippen molar-refractivity contribution in [3.05, 3.63) is 15.1 Å². The van der Waals surface area contributed by atoms with Gasteiger partial charge in [-0.3, -0.25) is 4.79 Å². The Morgan fingerprint density at radius 2 is 1.95 bits per heavy atom. The maximum Gasteiger partial charge on any atom is 0.360 e. The summed E-state index contributed by atoms with van der Waals surface area (Å²) in [4.78, 5) is 23.5. The van der Waals surface area contributed by atoms with Gasteiger partial charge in [0.25, 0.3) is 5.91 Å². The molecule has 19 heavy (non-hydrogen) atoms. The SMILES string of the molecule is C[C@@H](OC(=O)c1nsc(Cl)c1Cl)C(=O)NC(C)(C)C. The normalized spacial score (nSPS) is 12.9. The number of hydrogen-bond donors (Lipinski definition) is 1. The van der Waals surface area contributed by atoms with Crippen LogP contribution in [0.25, 0.3) is 0 Å². The van der Waals surface area contributed by atoms with Crippen LogP contribution in [0.3, 0.4) is 0 Å². The van der Waals surface area contributed by atoms with Crippen molar-refractivity contribution in [2.75, 3.05) is 0 Å². The number of halogens is 2. The van der Waals surface area contributed by atoms with E-state index in [0.717, 1.165) is 11.5 Å². The van der Waals surface area contributed by atoms with Crippen molar-refractivity contribution >= 4 is 46.6 Å². The molecule has 1 atom stereocenters. The number of carbonyl (C=O) groups is 2. The van der Waals surface area contributed by atoms with Crippen LogP contribution in [-0.4, -0.2) is 27.9 Å². The first-order chi connectivity index (χ1) is 8.61. The molecule has 8 heteroatoms. The van der Waals surface area contributed by atoms with Crippen molar-refractivity contribution in [2.24, 2.45) is 0 Å². The van der Waals surface area contributed by atoms with Crippen LogP contribution in [0.15, 0.2) is 0 Å². The fourth-order valence-corrected chi connectivity index (χ4v) is 2.11. The molecule has 1 N–H and O–H groups in total. The minimum atomic E-state index is -0.941. The lowest BCUT2D eigenvalue weighted by atomic mass is 10.1. The molecule has 0 unspecified atom stereocenters. The summed E-state index contributed by atoms with van der Waals surface area (Å²) in [5, 5.41) is 2.74. The second kappa shape index (κ2) is 6.07. The number of nitrogens with one attached hydrogen (secondary N) is 1. The van der Waals surface area contributed by atoms with E-state index in [2.05, 4.69) is 9.69 Å². The average molecular weight is 325 g/mol. The van der Waals surface area contributed by atoms with Gasteiger partial charge < -0.3 is 10.1 Å². The number of rotatable bonds is 3. The Balaban J connectivity index is 2.67. The average Bonchev–Trinajstić information content (AvgIpc) is 2.57. The highest BCUT2D eigenvalue weighted by molar-refractivity contribution is 7.11. The van der Waals surface area contributed by atoms with Crippen LogP contribution >= 0.6 is 34.7 Å². The number of hydrogen-bond acceptors (Lipinski definition) is 5.